The summed E-state index contributed by atoms with van der Waals surface area (Å²) in [7, 11) is -3.03. The Kier molecular flexibility index (Phi) is 5.64. The zero-order valence-electron chi connectivity index (χ0n) is 16.5. The molecule has 7 nitrogen and oxygen atoms in total. The molecule has 1 aliphatic rings. The van der Waals surface area contributed by atoms with Gasteiger partial charge in [-0.1, -0.05) is 35.5 Å². The number of hydrogen-bond donors (Lipinski definition) is 0. The van der Waals surface area contributed by atoms with Crippen molar-refractivity contribution in [2.45, 2.75) is 12.3 Å². The van der Waals surface area contributed by atoms with Crippen LogP contribution in [0.5, 0.6) is 0 Å². The van der Waals surface area contributed by atoms with Crippen molar-refractivity contribution in [2.24, 2.45) is 0 Å². The van der Waals surface area contributed by atoms with Crippen LogP contribution in [0.25, 0.3) is 5.69 Å². The molecular formula is C21H25N5O2S. The van der Waals surface area contributed by atoms with Crippen molar-refractivity contribution in [3.8, 4) is 5.69 Å². The van der Waals surface area contributed by atoms with Crippen molar-refractivity contribution in [3.05, 3.63) is 72.1 Å². The molecule has 0 aliphatic carbocycles. The average Bonchev–Trinajstić information content (AvgIpc) is 3.17. The van der Waals surface area contributed by atoms with Crippen LogP contribution in [0.15, 0.2) is 60.8 Å². The summed E-state index contributed by atoms with van der Waals surface area (Å²) in [6.07, 6.45) is 3.25. The van der Waals surface area contributed by atoms with E-state index in [0.29, 0.717) is 0 Å². The highest BCUT2D eigenvalue weighted by Crippen LogP contribution is 2.20. The number of anilines is 1. The first-order chi connectivity index (χ1) is 14.0. The molecule has 152 valence electrons. The van der Waals surface area contributed by atoms with Crippen LogP contribution in [0.2, 0.25) is 0 Å². The molecule has 0 saturated carbocycles. The van der Waals surface area contributed by atoms with E-state index in [9.17, 15) is 8.42 Å². The third-order valence-electron chi connectivity index (χ3n) is 5.02. The van der Waals surface area contributed by atoms with E-state index in [4.69, 9.17) is 0 Å². The molecule has 0 unspecified atom stereocenters. The van der Waals surface area contributed by atoms with Crippen LogP contribution in [-0.2, 0) is 22.1 Å². The van der Waals surface area contributed by atoms with E-state index in [1.54, 1.807) is 4.68 Å². The number of aromatic nitrogens is 3. The molecule has 0 amide bonds. The summed E-state index contributed by atoms with van der Waals surface area (Å²) >= 11 is 0. The maximum Gasteiger partial charge on any atom is 0.151 e. The zero-order chi connectivity index (χ0) is 20.3. The fourth-order valence-corrected chi connectivity index (χ4v) is 4.40. The maximum absolute atomic E-state index is 11.6. The largest absolute Gasteiger partial charge is 0.369 e. The van der Waals surface area contributed by atoms with Gasteiger partial charge in [0.15, 0.2) is 9.84 Å². The number of para-hydroxylation sites is 1. The molecule has 0 bridgehead atoms. The van der Waals surface area contributed by atoms with Crippen molar-refractivity contribution in [1.82, 2.24) is 19.9 Å². The van der Waals surface area contributed by atoms with Gasteiger partial charge in [0, 0.05) is 44.7 Å². The van der Waals surface area contributed by atoms with E-state index >= 15 is 0 Å². The van der Waals surface area contributed by atoms with Gasteiger partial charge in [-0.05, 0) is 29.8 Å². The lowest BCUT2D eigenvalue weighted by atomic mass is 10.2. The van der Waals surface area contributed by atoms with Gasteiger partial charge in [0.1, 0.15) is 0 Å². The predicted octanol–water partition coefficient (Wildman–Crippen LogP) is 2.13. The van der Waals surface area contributed by atoms with E-state index in [1.165, 1.54) is 6.26 Å². The Labute approximate surface area is 171 Å². The van der Waals surface area contributed by atoms with Crippen LogP contribution in [0, 0.1) is 0 Å². The standard InChI is InChI=1S/C21H25N5O2S/c1-29(27,28)17-18-6-5-9-21(14-18)25-12-10-24(11-13-25)15-19-16-26(23-22-19)20-7-3-2-4-8-20/h2-9,14,16H,10-13,15,17H2,1H3. The second-order valence-electron chi connectivity index (χ2n) is 7.49. The highest BCUT2D eigenvalue weighted by Gasteiger charge is 2.19. The van der Waals surface area contributed by atoms with Crippen LogP contribution < -0.4 is 4.90 Å². The molecule has 4 rings (SSSR count). The van der Waals surface area contributed by atoms with Gasteiger partial charge in [-0.3, -0.25) is 4.90 Å². The van der Waals surface area contributed by atoms with Gasteiger partial charge >= 0.3 is 0 Å². The molecule has 3 aromatic rings. The number of benzene rings is 2. The molecule has 0 radical (unpaired) electrons. The molecule has 0 N–H and O–H groups in total. The molecule has 29 heavy (non-hydrogen) atoms. The predicted molar refractivity (Wildman–Crippen MR) is 114 cm³/mol. The highest BCUT2D eigenvalue weighted by molar-refractivity contribution is 7.89. The topological polar surface area (TPSA) is 71.3 Å². The number of hydrogen-bond acceptors (Lipinski definition) is 6. The Bertz CT molecular complexity index is 1060. The molecule has 0 atom stereocenters. The maximum atomic E-state index is 11.6. The molecule has 0 spiro atoms. The monoisotopic (exact) mass is 411 g/mol. The molecule has 1 aromatic heterocycles. The fourth-order valence-electron chi connectivity index (χ4n) is 3.62. The lowest BCUT2D eigenvalue weighted by Gasteiger charge is -2.35. The van der Waals surface area contributed by atoms with Crippen molar-refractivity contribution in [1.29, 1.82) is 0 Å². The van der Waals surface area contributed by atoms with E-state index in [2.05, 4.69) is 20.1 Å². The van der Waals surface area contributed by atoms with E-state index in [-0.39, 0.29) is 5.75 Å². The molecule has 2 aromatic carbocycles. The van der Waals surface area contributed by atoms with Gasteiger partial charge in [-0.15, -0.1) is 5.10 Å². The summed E-state index contributed by atoms with van der Waals surface area (Å²) in [5, 5.41) is 8.54. The minimum absolute atomic E-state index is 0.0812. The molecular weight excluding hydrogens is 386 g/mol. The highest BCUT2D eigenvalue weighted by atomic mass is 32.2. The Morgan fingerprint density at radius 2 is 1.66 bits per heavy atom. The molecule has 1 fully saturated rings. The smallest absolute Gasteiger partial charge is 0.151 e. The molecule has 1 saturated heterocycles. The van der Waals surface area contributed by atoms with Crippen molar-refractivity contribution in [3.63, 3.8) is 0 Å². The molecule has 2 heterocycles. The van der Waals surface area contributed by atoms with Crippen LogP contribution >= 0.6 is 0 Å². The number of piperazine rings is 1. The van der Waals surface area contributed by atoms with Crippen LogP contribution in [0.3, 0.4) is 0 Å². The second-order valence-corrected chi connectivity index (χ2v) is 9.63. The van der Waals surface area contributed by atoms with Gasteiger partial charge in [-0.25, -0.2) is 13.1 Å². The minimum Gasteiger partial charge on any atom is -0.369 e. The van der Waals surface area contributed by atoms with Crippen molar-refractivity contribution < 1.29 is 8.42 Å². The number of rotatable bonds is 6. The van der Waals surface area contributed by atoms with Gasteiger partial charge in [0.05, 0.1) is 23.3 Å². The average molecular weight is 412 g/mol. The zero-order valence-corrected chi connectivity index (χ0v) is 17.3. The Morgan fingerprint density at radius 3 is 2.38 bits per heavy atom. The van der Waals surface area contributed by atoms with E-state index < -0.39 is 9.84 Å². The third kappa shape index (κ3) is 5.21. The minimum atomic E-state index is -3.03. The summed E-state index contributed by atoms with van der Waals surface area (Å²) < 4.78 is 24.9. The lowest BCUT2D eigenvalue weighted by Crippen LogP contribution is -2.46. The molecule has 1 aliphatic heterocycles. The summed E-state index contributed by atoms with van der Waals surface area (Å²) in [5.74, 6) is 0.0812. The SMILES string of the molecule is CS(=O)(=O)Cc1cccc(N2CCN(Cc3cn(-c4ccccc4)nn3)CC2)c1. The Morgan fingerprint density at radius 1 is 0.931 bits per heavy atom. The summed E-state index contributed by atoms with van der Waals surface area (Å²) in [5.41, 5.74) is 3.88. The number of nitrogens with zero attached hydrogens (tertiary/aromatic N) is 5. The van der Waals surface area contributed by atoms with Crippen molar-refractivity contribution >= 4 is 15.5 Å². The first kappa shape index (κ1) is 19.6. The normalized spacial score (nSPS) is 15.6. The van der Waals surface area contributed by atoms with Gasteiger partial charge in [-0.2, -0.15) is 0 Å². The van der Waals surface area contributed by atoms with Crippen LogP contribution in [0.4, 0.5) is 5.69 Å². The van der Waals surface area contributed by atoms with Gasteiger partial charge in [0.25, 0.3) is 0 Å². The van der Waals surface area contributed by atoms with Gasteiger partial charge < -0.3 is 4.90 Å². The summed E-state index contributed by atoms with van der Waals surface area (Å²) in [4.78, 5) is 4.68. The fraction of sp³-hybridized carbons (Fsp3) is 0.333. The second kappa shape index (κ2) is 8.34. The molecule has 8 heteroatoms. The summed E-state index contributed by atoms with van der Waals surface area (Å²) in [6.45, 7) is 4.42. The third-order valence-corrected chi connectivity index (χ3v) is 5.88. The van der Waals surface area contributed by atoms with E-state index in [1.807, 2.05) is 60.8 Å². The quantitative estimate of drug-likeness (QED) is 0.619. The first-order valence-electron chi connectivity index (χ1n) is 9.67. The lowest BCUT2D eigenvalue weighted by molar-refractivity contribution is 0.247. The Hall–Kier alpha value is -2.71. The van der Waals surface area contributed by atoms with Crippen molar-refractivity contribution in [2.75, 3.05) is 37.3 Å². The summed E-state index contributed by atoms with van der Waals surface area (Å²) in [6, 6.07) is 17.8. The first-order valence-corrected chi connectivity index (χ1v) is 11.7. The Balaban J connectivity index is 1.34. The van der Waals surface area contributed by atoms with Crippen LogP contribution in [0.1, 0.15) is 11.3 Å². The van der Waals surface area contributed by atoms with E-state index in [0.717, 1.165) is 55.4 Å². The van der Waals surface area contributed by atoms with Gasteiger partial charge in [0.2, 0.25) is 0 Å². The number of sulfone groups is 1. The van der Waals surface area contributed by atoms with Crippen LogP contribution in [-0.4, -0.2) is 60.7 Å².